The van der Waals surface area contributed by atoms with Crippen LogP contribution in [-0.4, -0.2) is 17.6 Å². The van der Waals surface area contributed by atoms with E-state index >= 15 is 0 Å². The Morgan fingerprint density at radius 2 is 1.50 bits per heavy atom. The highest BCUT2D eigenvalue weighted by molar-refractivity contribution is 4.80. The fourth-order valence-electron chi connectivity index (χ4n) is 3.22. The Hall–Kier alpha value is -0.0400. The molecule has 0 amide bonds. The molecule has 0 atom stereocenters. The molecule has 1 heteroatoms. The van der Waals surface area contributed by atoms with E-state index in [-0.39, 0.29) is 0 Å². The molecule has 0 saturated carbocycles. The predicted molar refractivity (Wildman–Crippen MR) is 62.7 cm³/mol. The van der Waals surface area contributed by atoms with Gasteiger partial charge in [-0.05, 0) is 40.5 Å². The number of hydrogen-bond acceptors (Lipinski definition) is 0. The second-order valence-corrected chi connectivity index (χ2v) is 6.20. The lowest BCUT2D eigenvalue weighted by atomic mass is 9.79. The van der Waals surface area contributed by atoms with Gasteiger partial charge in [0.2, 0.25) is 0 Å². The average molecular weight is 198 g/mol. The molecule has 0 aromatic carbocycles. The number of hydrogen-bond donors (Lipinski definition) is 1. The number of rotatable bonds is 3. The van der Waals surface area contributed by atoms with Crippen LogP contribution in [0.4, 0.5) is 0 Å². The van der Waals surface area contributed by atoms with Crippen LogP contribution in [0.1, 0.15) is 66.7 Å². The van der Waals surface area contributed by atoms with E-state index in [0.717, 1.165) is 0 Å². The molecule has 84 valence electrons. The molecule has 0 spiro atoms. The Balaban J connectivity index is 2.70. The van der Waals surface area contributed by atoms with Gasteiger partial charge < -0.3 is 4.90 Å². The molecule has 1 rings (SSSR count). The zero-order chi connectivity index (χ0) is 10.8. The Kier molecular flexibility index (Phi) is 3.63. The van der Waals surface area contributed by atoms with Crippen LogP contribution in [0.15, 0.2) is 0 Å². The second kappa shape index (κ2) is 4.22. The molecule has 0 unspecified atom stereocenters. The molecule has 0 aromatic heterocycles. The minimum Gasteiger partial charge on any atom is -0.326 e. The summed E-state index contributed by atoms with van der Waals surface area (Å²) in [5.74, 6) is 0. The lowest BCUT2D eigenvalue weighted by Crippen LogP contribution is -3.26. The zero-order valence-electron chi connectivity index (χ0n) is 10.7. The molecule has 1 fully saturated rings. The smallest absolute Gasteiger partial charge is 0.0924 e. The van der Waals surface area contributed by atoms with Gasteiger partial charge in [0.1, 0.15) is 0 Å². The van der Waals surface area contributed by atoms with Crippen molar-refractivity contribution in [1.82, 2.24) is 0 Å². The average Bonchev–Trinajstić information content (AvgIpc) is 2.01. The fourth-order valence-corrected chi connectivity index (χ4v) is 3.22. The molecular weight excluding hydrogens is 170 g/mol. The monoisotopic (exact) mass is 198 g/mol. The molecule has 0 bridgehead atoms. The summed E-state index contributed by atoms with van der Waals surface area (Å²) in [7, 11) is 0. The third-order valence-corrected chi connectivity index (χ3v) is 4.02. The normalized spacial score (nSPS) is 26.4. The van der Waals surface area contributed by atoms with Gasteiger partial charge in [-0.25, -0.2) is 0 Å². The van der Waals surface area contributed by atoms with Crippen LogP contribution in [0, 0.1) is 0 Å². The van der Waals surface area contributed by atoms with Gasteiger partial charge in [-0.3, -0.25) is 0 Å². The van der Waals surface area contributed by atoms with Gasteiger partial charge in [-0.15, -0.1) is 0 Å². The van der Waals surface area contributed by atoms with E-state index in [1.165, 1.54) is 38.6 Å². The van der Waals surface area contributed by atoms with Gasteiger partial charge in [-0.1, -0.05) is 13.3 Å². The molecule has 1 saturated heterocycles. The minimum atomic E-state index is 0.497. The lowest BCUT2D eigenvalue weighted by Gasteiger charge is -2.49. The van der Waals surface area contributed by atoms with Gasteiger partial charge in [0.15, 0.2) is 0 Å². The van der Waals surface area contributed by atoms with E-state index in [0.29, 0.717) is 11.1 Å². The van der Waals surface area contributed by atoms with E-state index in [2.05, 4.69) is 34.6 Å². The van der Waals surface area contributed by atoms with Crippen LogP contribution in [0.3, 0.4) is 0 Å². The fraction of sp³-hybridized carbons (Fsp3) is 1.00. The van der Waals surface area contributed by atoms with E-state index in [4.69, 9.17) is 0 Å². The van der Waals surface area contributed by atoms with E-state index in [1.807, 2.05) is 4.90 Å². The predicted octanol–water partition coefficient (Wildman–Crippen LogP) is 2.41. The van der Waals surface area contributed by atoms with Gasteiger partial charge in [0, 0.05) is 12.8 Å². The first-order valence-corrected chi connectivity index (χ1v) is 6.27. The molecule has 0 aromatic rings. The molecule has 1 heterocycles. The Morgan fingerprint density at radius 1 is 1.00 bits per heavy atom. The van der Waals surface area contributed by atoms with Crippen molar-refractivity contribution in [3.8, 4) is 0 Å². The largest absolute Gasteiger partial charge is 0.326 e. The summed E-state index contributed by atoms with van der Waals surface area (Å²) in [6.45, 7) is 13.4. The maximum absolute atomic E-state index is 2.44. The van der Waals surface area contributed by atoms with E-state index < -0.39 is 0 Å². The van der Waals surface area contributed by atoms with Crippen molar-refractivity contribution in [3.05, 3.63) is 0 Å². The van der Waals surface area contributed by atoms with Crippen LogP contribution in [0.5, 0.6) is 0 Å². The van der Waals surface area contributed by atoms with Crippen LogP contribution < -0.4 is 4.90 Å². The van der Waals surface area contributed by atoms with Gasteiger partial charge in [-0.2, -0.15) is 0 Å². The topological polar surface area (TPSA) is 4.44 Å². The molecule has 1 nitrogen and oxygen atoms in total. The van der Waals surface area contributed by atoms with Crippen LogP contribution in [0.2, 0.25) is 0 Å². The first-order valence-electron chi connectivity index (χ1n) is 6.27. The van der Waals surface area contributed by atoms with Crippen molar-refractivity contribution >= 4 is 0 Å². The number of piperidine rings is 1. The number of quaternary nitrogens is 1. The second-order valence-electron chi connectivity index (χ2n) is 6.20. The van der Waals surface area contributed by atoms with Crippen molar-refractivity contribution in [2.75, 3.05) is 6.54 Å². The van der Waals surface area contributed by atoms with E-state index in [1.54, 1.807) is 0 Å². The molecule has 1 N–H and O–H groups in total. The summed E-state index contributed by atoms with van der Waals surface area (Å²) in [4.78, 5) is 1.83. The maximum Gasteiger partial charge on any atom is 0.0924 e. The molecule has 1 aliphatic heterocycles. The van der Waals surface area contributed by atoms with Gasteiger partial charge in [0.05, 0.1) is 17.6 Å². The summed E-state index contributed by atoms with van der Waals surface area (Å²) >= 11 is 0. The minimum absolute atomic E-state index is 0.497. The van der Waals surface area contributed by atoms with Crippen molar-refractivity contribution in [2.24, 2.45) is 0 Å². The number of nitrogens with one attached hydrogen (secondary N) is 1. The Morgan fingerprint density at radius 3 is 1.93 bits per heavy atom. The highest BCUT2D eigenvalue weighted by atomic mass is 15.3. The van der Waals surface area contributed by atoms with Gasteiger partial charge in [0.25, 0.3) is 0 Å². The Bertz CT molecular complexity index is 166. The van der Waals surface area contributed by atoms with Gasteiger partial charge >= 0.3 is 0 Å². The third-order valence-electron chi connectivity index (χ3n) is 4.02. The summed E-state index contributed by atoms with van der Waals surface area (Å²) in [5.41, 5.74) is 0.994. The first kappa shape index (κ1) is 12.0. The highest BCUT2D eigenvalue weighted by Gasteiger charge is 2.44. The van der Waals surface area contributed by atoms with Crippen LogP contribution >= 0.6 is 0 Å². The van der Waals surface area contributed by atoms with E-state index in [9.17, 15) is 0 Å². The lowest BCUT2D eigenvalue weighted by molar-refractivity contribution is -0.999. The third kappa shape index (κ3) is 2.50. The molecule has 0 radical (unpaired) electrons. The molecular formula is C13H28N+. The molecule has 1 aliphatic rings. The number of unbranched alkanes of at least 4 members (excludes halogenated alkanes) is 1. The summed E-state index contributed by atoms with van der Waals surface area (Å²) in [6, 6.07) is 0. The standard InChI is InChI=1S/C13H27N/c1-6-7-11-14-12(2,3)9-8-10-13(14,4)5/h6-11H2,1-5H3/p+1. The van der Waals surface area contributed by atoms with Crippen molar-refractivity contribution in [2.45, 2.75) is 77.8 Å². The SMILES string of the molecule is CCCC[NH+]1C(C)(C)CCCC1(C)C. The van der Waals surface area contributed by atoms with Crippen LogP contribution in [0.25, 0.3) is 0 Å². The quantitative estimate of drug-likeness (QED) is 0.710. The molecule has 14 heavy (non-hydrogen) atoms. The molecule has 0 aliphatic carbocycles. The summed E-state index contributed by atoms with van der Waals surface area (Å²) in [6.07, 6.45) is 6.92. The maximum atomic E-state index is 2.44. The Labute approximate surface area is 89.9 Å². The first-order chi connectivity index (χ1) is 6.40. The zero-order valence-corrected chi connectivity index (χ0v) is 10.7. The number of likely N-dealkylation sites (tertiary alicyclic amines) is 1. The highest BCUT2D eigenvalue weighted by Crippen LogP contribution is 2.23. The van der Waals surface area contributed by atoms with Crippen molar-refractivity contribution in [3.63, 3.8) is 0 Å². The summed E-state index contributed by atoms with van der Waals surface area (Å²) < 4.78 is 0. The van der Waals surface area contributed by atoms with Crippen molar-refractivity contribution in [1.29, 1.82) is 0 Å². The summed E-state index contributed by atoms with van der Waals surface area (Å²) in [5, 5.41) is 0. The van der Waals surface area contributed by atoms with Crippen LogP contribution in [-0.2, 0) is 0 Å². The van der Waals surface area contributed by atoms with Crippen molar-refractivity contribution < 1.29 is 4.90 Å².